The first-order chi connectivity index (χ1) is 14.3. The highest BCUT2D eigenvalue weighted by Crippen LogP contribution is 2.29. The van der Waals surface area contributed by atoms with Crippen molar-refractivity contribution in [2.75, 3.05) is 32.3 Å². The highest BCUT2D eigenvalue weighted by Gasteiger charge is 2.33. The molecule has 1 saturated heterocycles. The maximum absolute atomic E-state index is 11.8. The van der Waals surface area contributed by atoms with E-state index in [9.17, 15) is 8.42 Å². The van der Waals surface area contributed by atoms with Crippen LogP contribution in [0.2, 0.25) is 0 Å². The van der Waals surface area contributed by atoms with Gasteiger partial charge in [-0.05, 0) is 49.1 Å². The van der Waals surface area contributed by atoms with Crippen molar-refractivity contribution >= 4 is 21.7 Å². The summed E-state index contributed by atoms with van der Waals surface area (Å²) in [7, 11) is -1.46. The van der Waals surface area contributed by atoms with Gasteiger partial charge in [0.05, 0.1) is 36.6 Å². The fourth-order valence-corrected chi connectivity index (χ4v) is 4.93. The number of aryl methyl sites for hydroxylation is 1. The minimum absolute atomic E-state index is 0.0616. The topological polar surface area (TPSA) is 86.0 Å². The van der Waals surface area contributed by atoms with Gasteiger partial charge < -0.3 is 19.0 Å². The number of imidazole rings is 1. The van der Waals surface area contributed by atoms with Gasteiger partial charge in [-0.3, -0.25) is 0 Å². The van der Waals surface area contributed by atoms with Crippen LogP contribution in [0.1, 0.15) is 24.1 Å². The van der Waals surface area contributed by atoms with E-state index >= 15 is 0 Å². The van der Waals surface area contributed by atoms with E-state index < -0.39 is 9.84 Å². The van der Waals surface area contributed by atoms with Crippen LogP contribution in [0.25, 0.3) is 11.8 Å². The van der Waals surface area contributed by atoms with Crippen LogP contribution in [0.15, 0.2) is 41.5 Å². The van der Waals surface area contributed by atoms with E-state index in [1.165, 1.54) is 6.26 Å². The van der Waals surface area contributed by atoms with E-state index in [2.05, 4.69) is 21.1 Å². The Bertz CT molecular complexity index is 1100. The Morgan fingerprint density at radius 1 is 1.37 bits per heavy atom. The zero-order valence-electron chi connectivity index (χ0n) is 17.4. The summed E-state index contributed by atoms with van der Waals surface area (Å²) in [6.07, 6.45) is 8.84. The van der Waals surface area contributed by atoms with Gasteiger partial charge in [0.15, 0.2) is 5.84 Å². The molecule has 1 aromatic heterocycles. The number of hydrogen-bond acceptors (Lipinski definition) is 7. The van der Waals surface area contributed by atoms with E-state index in [-0.39, 0.29) is 18.4 Å². The maximum Gasteiger partial charge on any atom is 0.171 e. The first kappa shape index (κ1) is 20.5. The van der Waals surface area contributed by atoms with Crippen molar-refractivity contribution in [2.45, 2.75) is 25.8 Å². The van der Waals surface area contributed by atoms with Gasteiger partial charge >= 0.3 is 0 Å². The van der Waals surface area contributed by atoms with Gasteiger partial charge in [-0.2, -0.15) is 0 Å². The van der Waals surface area contributed by atoms with E-state index in [4.69, 9.17) is 9.57 Å². The smallest absolute Gasteiger partial charge is 0.171 e. The van der Waals surface area contributed by atoms with E-state index in [0.717, 1.165) is 53.5 Å². The molecule has 2 aliphatic heterocycles. The van der Waals surface area contributed by atoms with Crippen LogP contribution in [0.4, 0.5) is 0 Å². The number of ether oxygens (including phenoxy) is 1. The molecule has 0 amide bonds. The van der Waals surface area contributed by atoms with Gasteiger partial charge in [0.25, 0.3) is 0 Å². The second-order valence-corrected chi connectivity index (χ2v) is 9.96. The molecule has 4 rings (SSSR count). The lowest BCUT2D eigenvalue weighted by Crippen LogP contribution is -2.51. The zero-order chi connectivity index (χ0) is 21.3. The second kappa shape index (κ2) is 8.14. The fraction of sp³-hybridized carbons (Fsp3) is 0.429. The van der Waals surface area contributed by atoms with Crippen molar-refractivity contribution in [3.63, 3.8) is 0 Å². The second-order valence-electron chi connectivity index (χ2n) is 7.78. The summed E-state index contributed by atoms with van der Waals surface area (Å²) >= 11 is 0. The lowest BCUT2D eigenvalue weighted by molar-refractivity contribution is 0.0659. The number of rotatable bonds is 5. The van der Waals surface area contributed by atoms with Crippen molar-refractivity contribution in [1.82, 2.24) is 14.5 Å². The van der Waals surface area contributed by atoms with Crippen LogP contribution in [-0.4, -0.2) is 67.0 Å². The third kappa shape index (κ3) is 4.35. The largest absolute Gasteiger partial charge is 0.495 e. The van der Waals surface area contributed by atoms with Gasteiger partial charge in [0.2, 0.25) is 0 Å². The predicted octanol–water partition coefficient (Wildman–Crippen LogP) is 2.43. The number of benzene rings is 1. The summed E-state index contributed by atoms with van der Waals surface area (Å²) in [5.41, 5.74) is 3.87. The SMILES string of the molecule is COc1cc(/C=C2\CCCN3C2=NOCC3CS(C)(=O)=O)ccc1-n1cnc(C)c1. The third-order valence-electron chi connectivity index (χ3n) is 5.29. The number of aromatic nitrogens is 2. The molecule has 1 unspecified atom stereocenters. The molecule has 8 nitrogen and oxygen atoms in total. The van der Waals surface area contributed by atoms with Gasteiger partial charge in [-0.15, -0.1) is 0 Å². The normalized spacial score (nSPS) is 20.5. The van der Waals surface area contributed by atoms with Gasteiger partial charge in [0.1, 0.15) is 22.2 Å². The summed E-state index contributed by atoms with van der Waals surface area (Å²) in [5.74, 6) is 1.53. The van der Waals surface area contributed by atoms with Crippen molar-refractivity contribution in [3.8, 4) is 11.4 Å². The molecule has 1 fully saturated rings. The summed E-state index contributed by atoms with van der Waals surface area (Å²) in [4.78, 5) is 11.7. The van der Waals surface area contributed by atoms with Gasteiger partial charge in [0, 0.05) is 19.0 Å². The van der Waals surface area contributed by atoms with Gasteiger partial charge in [-0.1, -0.05) is 11.2 Å². The number of hydrogen-bond donors (Lipinski definition) is 0. The number of sulfone groups is 1. The molecule has 0 N–H and O–H groups in total. The Kier molecular flexibility index (Phi) is 5.55. The molecule has 9 heteroatoms. The minimum Gasteiger partial charge on any atom is -0.495 e. The zero-order valence-corrected chi connectivity index (χ0v) is 18.2. The predicted molar refractivity (Wildman–Crippen MR) is 116 cm³/mol. The number of fused-ring (bicyclic) bond motifs is 1. The first-order valence-electron chi connectivity index (χ1n) is 9.88. The molecular formula is C21H26N4O4S. The molecule has 1 aromatic carbocycles. The molecule has 1 atom stereocenters. The standard InChI is InChI=1S/C21H26N4O4S/c1-15-11-24(14-22-15)19-7-6-16(10-20(19)28-2)9-17-5-4-8-25-18(13-30(3,26)27)12-29-23-21(17)25/h6-7,9-11,14,18H,4-5,8,12-13H2,1-3H3/b17-9+. The molecule has 160 valence electrons. The van der Waals surface area contributed by atoms with Crippen LogP contribution >= 0.6 is 0 Å². The fourth-order valence-electron chi connectivity index (χ4n) is 3.96. The summed E-state index contributed by atoms with van der Waals surface area (Å²) < 4.78 is 31.2. The minimum atomic E-state index is -3.11. The van der Waals surface area contributed by atoms with Crippen LogP contribution < -0.4 is 4.74 Å². The van der Waals surface area contributed by atoms with E-state index in [1.807, 2.05) is 35.9 Å². The quantitative estimate of drug-likeness (QED) is 0.724. The summed E-state index contributed by atoms with van der Waals surface area (Å²) in [6, 6.07) is 5.79. The molecule has 0 spiro atoms. The van der Waals surface area contributed by atoms with Crippen molar-refractivity contribution in [3.05, 3.63) is 47.6 Å². The molecular weight excluding hydrogens is 404 g/mol. The molecule has 0 radical (unpaired) electrons. The van der Waals surface area contributed by atoms with Crippen LogP contribution in [-0.2, 0) is 14.7 Å². The third-order valence-corrected chi connectivity index (χ3v) is 6.28. The van der Waals surface area contributed by atoms with Crippen molar-refractivity contribution in [2.24, 2.45) is 5.16 Å². The average molecular weight is 431 g/mol. The Morgan fingerprint density at radius 2 is 2.20 bits per heavy atom. The van der Waals surface area contributed by atoms with E-state index in [0.29, 0.717) is 0 Å². The maximum atomic E-state index is 11.8. The number of amidine groups is 1. The Hall–Kier alpha value is -2.81. The van der Waals surface area contributed by atoms with Gasteiger partial charge in [-0.25, -0.2) is 13.4 Å². The number of piperidine rings is 1. The van der Waals surface area contributed by atoms with Crippen LogP contribution in [0.3, 0.4) is 0 Å². The van der Waals surface area contributed by atoms with Crippen LogP contribution in [0.5, 0.6) is 5.75 Å². The molecule has 30 heavy (non-hydrogen) atoms. The monoisotopic (exact) mass is 430 g/mol. The molecule has 3 heterocycles. The summed E-state index contributed by atoms with van der Waals surface area (Å²) in [6.45, 7) is 3.01. The number of oxime groups is 1. The highest BCUT2D eigenvalue weighted by atomic mass is 32.2. The molecule has 2 aliphatic rings. The number of nitrogens with zero attached hydrogens (tertiary/aromatic N) is 4. The molecule has 0 saturated carbocycles. The molecule has 0 bridgehead atoms. The van der Waals surface area contributed by atoms with E-state index in [1.54, 1.807) is 13.4 Å². The highest BCUT2D eigenvalue weighted by molar-refractivity contribution is 7.90. The van der Waals surface area contributed by atoms with Crippen LogP contribution in [0, 0.1) is 6.92 Å². The summed E-state index contributed by atoms with van der Waals surface area (Å²) in [5, 5.41) is 4.26. The molecule has 0 aliphatic carbocycles. The van der Waals surface area contributed by atoms with Crippen molar-refractivity contribution < 1.29 is 18.0 Å². The Balaban J connectivity index is 1.63. The first-order valence-corrected chi connectivity index (χ1v) is 11.9. The Morgan fingerprint density at radius 3 is 2.90 bits per heavy atom. The Labute approximate surface area is 176 Å². The lowest BCUT2D eigenvalue weighted by Gasteiger charge is -2.39. The van der Waals surface area contributed by atoms with Crippen molar-refractivity contribution in [1.29, 1.82) is 0 Å². The molecule has 2 aromatic rings. The number of methoxy groups -OCH3 is 1. The average Bonchev–Trinajstić information content (AvgIpc) is 3.13. The lowest BCUT2D eigenvalue weighted by atomic mass is 9.98.